The van der Waals surface area contributed by atoms with E-state index in [0.29, 0.717) is 19.0 Å². The van der Waals surface area contributed by atoms with Gasteiger partial charge in [0.25, 0.3) is 0 Å². The topological polar surface area (TPSA) is 105 Å². The number of ether oxygens (including phenoxy) is 1. The molecule has 8 nitrogen and oxygen atoms in total. The number of carbonyl (C=O) groups excluding carboxylic acids is 1. The summed E-state index contributed by atoms with van der Waals surface area (Å²) in [5, 5.41) is 11.3. The quantitative estimate of drug-likeness (QED) is 0.463. The van der Waals surface area contributed by atoms with Crippen LogP contribution in [0.5, 0.6) is 0 Å². The molecule has 15 heavy (non-hydrogen) atoms. The van der Waals surface area contributed by atoms with E-state index in [4.69, 9.17) is 10.6 Å². The third-order valence-corrected chi connectivity index (χ3v) is 1.51. The Morgan fingerprint density at radius 3 is 3.07 bits per heavy atom. The number of tetrazole rings is 1. The molecule has 1 aromatic rings. The van der Waals surface area contributed by atoms with Gasteiger partial charge >= 0.3 is 5.97 Å². The first kappa shape index (κ1) is 11.5. The van der Waals surface area contributed by atoms with Crippen molar-refractivity contribution < 1.29 is 14.4 Å². The van der Waals surface area contributed by atoms with Crippen LogP contribution >= 0.6 is 0 Å². The molecule has 0 bridgehead atoms. The number of rotatable bonds is 6. The number of esters is 1. The molecule has 0 spiro atoms. The number of nitrogens with zero attached hydrogens (tertiary/aromatic N) is 4. The third kappa shape index (κ3) is 4.00. The number of hydrogen-bond acceptors (Lipinski definition) is 7. The van der Waals surface area contributed by atoms with Gasteiger partial charge in [-0.15, -0.1) is 10.2 Å². The highest BCUT2D eigenvalue weighted by molar-refractivity contribution is 5.71. The maximum Gasteiger partial charge on any atom is 0.313 e. The zero-order valence-corrected chi connectivity index (χ0v) is 8.42. The van der Waals surface area contributed by atoms with Crippen LogP contribution in [0.3, 0.4) is 0 Å². The number of hydrogen-bond donors (Lipinski definition) is 1. The molecule has 0 saturated heterocycles. The lowest BCUT2D eigenvalue weighted by atomic mass is 10.4. The van der Waals surface area contributed by atoms with Crippen LogP contribution in [-0.4, -0.2) is 39.4 Å². The first-order valence-electron chi connectivity index (χ1n) is 4.50. The molecule has 0 aliphatic carbocycles. The van der Waals surface area contributed by atoms with Crippen molar-refractivity contribution in [2.45, 2.75) is 19.9 Å². The number of carbonyl (C=O) groups is 1. The number of nitrogens with two attached hydrogens (primary N) is 1. The van der Waals surface area contributed by atoms with E-state index in [1.807, 2.05) is 0 Å². The minimum absolute atomic E-state index is 0.0251. The molecule has 0 radical (unpaired) electrons. The second-order valence-corrected chi connectivity index (χ2v) is 2.65. The first-order valence-corrected chi connectivity index (χ1v) is 4.50. The zero-order chi connectivity index (χ0) is 11.1. The van der Waals surface area contributed by atoms with Crippen molar-refractivity contribution in [2.75, 3.05) is 13.2 Å². The van der Waals surface area contributed by atoms with Crippen LogP contribution in [0, 0.1) is 0 Å². The first-order chi connectivity index (χ1) is 7.26. The van der Waals surface area contributed by atoms with E-state index < -0.39 is 0 Å². The van der Waals surface area contributed by atoms with E-state index in [9.17, 15) is 4.79 Å². The molecule has 1 rings (SSSR count). The average molecular weight is 215 g/mol. The van der Waals surface area contributed by atoms with Gasteiger partial charge in [-0.05, 0) is 12.1 Å². The summed E-state index contributed by atoms with van der Waals surface area (Å²) in [5.41, 5.74) is 0. The van der Waals surface area contributed by atoms with Gasteiger partial charge in [0.2, 0.25) is 0 Å². The van der Waals surface area contributed by atoms with Crippen LogP contribution < -0.4 is 5.90 Å². The lowest BCUT2D eigenvalue weighted by Gasteiger charge is -1.97. The molecule has 1 aromatic heterocycles. The van der Waals surface area contributed by atoms with Gasteiger partial charge in [-0.1, -0.05) is 0 Å². The molecular formula is C7H13N5O3. The predicted molar refractivity (Wildman–Crippen MR) is 48.3 cm³/mol. The number of aromatic nitrogens is 4. The normalized spacial score (nSPS) is 10.3. The summed E-state index contributed by atoms with van der Waals surface area (Å²) in [6.07, 6.45) is 0.0251. The Morgan fingerprint density at radius 1 is 1.60 bits per heavy atom. The molecule has 0 aliphatic heterocycles. The van der Waals surface area contributed by atoms with E-state index in [0.717, 1.165) is 0 Å². The minimum Gasteiger partial charge on any atom is -0.466 e. The molecule has 0 fully saturated rings. The Bertz CT molecular complexity index is 313. The highest BCUT2D eigenvalue weighted by Gasteiger charge is 2.09. The van der Waals surface area contributed by atoms with Crippen LogP contribution in [-0.2, 0) is 27.3 Å². The summed E-state index contributed by atoms with van der Waals surface area (Å²) in [4.78, 5) is 16.7. The van der Waals surface area contributed by atoms with Gasteiger partial charge in [0, 0.05) is 0 Å². The lowest BCUT2D eigenvalue weighted by molar-refractivity contribution is -0.142. The van der Waals surface area contributed by atoms with Crippen LogP contribution in [0.4, 0.5) is 0 Å². The fourth-order valence-corrected chi connectivity index (χ4v) is 0.917. The highest BCUT2D eigenvalue weighted by Crippen LogP contribution is 1.91. The summed E-state index contributed by atoms with van der Waals surface area (Å²) >= 11 is 0. The van der Waals surface area contributed by atoms with Crippen LogP contribution in [0.25, 0.3) is 0 Å². The van der Waals surface area contributed by atoms with Gasteiger partial charge in [-0.3, -0.25) is 4.79 Å². The van der Waals surface area contributed by atoms with Gasteiger partial charge in [0.05, 0.1) is 19.8 Å². The van der Waals surface area contributed by atoms with E-state index in [1.54, 1.807) is 6.92 Å². The summed E-state index contributed by atoms with van der Waals surface area (Å²) in [6, 6.07) is 0. The Hall–Kier alpha value is -1.54. The van der Waals surface area contributed by atoms with Gasteiger partial charge < -0.3 is 9.57 Å². The zero-order valence-electron chi connectivity index (χ0n) is 8.42. The second-order valence-electron chi connectivity index (χ2n) is 2.65. The van der Waals surface area contributed by atoms with Crippen molar-refractivity contribution in [3.63, 3.8) is 0 Å². The maximum absolute atomic E-state index is 11.1. The maximum atomic E-state index is 11.1. The molecule has 8 heteroatoms. The van der Waals surface area contributed by atoms with Crippen molar-refractivity contribution in [2.24, 2.45) is 5.90 Å². The Morgan fingerprint density at radius 2 is 2.40 bits per heavy atom. The molecule has 84 valence electrons. The van der Waals surface area contributed by atoms with E-state index in [-0.39, 0.29) is 19.0 Å². The molecular weight excluding hydrogens is 202 g/mol. The van der Waals surface area contributed by atoms with Crippen molar-refractivity contribution in [3.8, 4) is 0 Å². The second kappa shape index (κ2) is 6.04. The minimum atomic E-state index is -0.368. The SMILES string of the molecule is CCOC(=O)Cc1nnn(CCON)n1. The monoisotopic (exact) mass is 215 g/mol. The average Bonchev–Trinajstić information content (AvgIpc) is 2.63. The van der Waals surface area contributed by atoms with Crippen molar-refractivity contribution in [1.82, 2.24) is 20.2 Å². The van der Waals surface area contributed by atoms with Crippen molar-refractivity contribution >= 4 is 5.97 Å². The summed E-state index contributed by atoms with van der Waals surface area (Å²) in [5.74, 6) is 4.80. The molecule has 2 N–H and O–H groups in total. The lowest BCUT2D eigenvalue weighted by Crippen LogP contribution is -2.12. The molecule has 0 unspecified atom stereocenters. The van der Waals surface area contributed by atoms with Crippen molar-refractivity contribution in [3.05, 3.63) is 5.82 Å². The molecule has 1 heterocycles. The highest BCUT2D eigenvalue weighted by atomic mass is 16.6. The van der Waals surface area contributed by atoms with Gasteiger partial charge in [-0.2, -0.15) is 4.80 Å². The van der Waals surface area contributed by atoms with Crippen molar-refractivity contribution in [1.29, 1.82) is 0 Å². The van der Waals surface area contributed by atoms with Crippen LogP contribution in [0.2, 0.25) is 0 Å². The standard InChI is InChI=1S/C7H13N5O3/c1-2-14-7(13)5-6-9-11-12(10-6)3-4-15-8/h2-5,8H2,1H3. The largest absolute Gasteiger partial charge is 0.466 e. The Labute approximate surface area is 86.3 Å². The van der Waals surface area contributed by atoms with Gasteiger partial charge in [-0.25, -0.2) is 5.90 Å². The van der Waals surface area contributed by atoms with Gasteiger partial charge in [0.1, 0.15) is 6.42 Å². The van der Waals surface area contributed by atoms with Crippen LogP contribution in [0.15, 0.2) is 0 Å². The Kier molecular flexibility index (Phi) is 4.64. The van der Waals surface area contributed by atoms with E-state index in [2.05, 4.69) is 20.2 Å². The Balaban J connectivity index is 2.42. The summed E-state index contributed by atoms with van der Waals surface area (Å²) in [7, 11) is 0. The molecule has 0 atom stereocenters. The molecule has 0 aliphatic rings. The van der Waals surface area contributed by atoms with Gasteiger partial charge in [0.15, 0.2) is 5.82 Å². The third-order valence-electron chi connectivity index (χ3n) is 1.51. The molecule has 0 aromatic carbocycles. The summed E-state index contributed by atoms with van der Waals surface area (Å²) in [6.45, 7) is 2.76. The van der Waals surface area contributed by atoms with E-state index in [1.165, 1.54) is 4.80 Å². The molecule has 0 amide bonds. The smallest absolute Gasteiger partial charge is 0.313 e. The van der Waals surface area contributed by atoms with Crippen LogP contribution in [0.1, 0.15) is 12.7 Å². The predicted octanol–water partition coefficient (Wildman–Crippen LogP) is -1.33. The fraction of sp³-hybridized carbons (Fsp3) is 0.714. The summed E-state index contributed by atoms with van der Waals surface area (Å²) < 4.78 is 4.74. The molecule has 0 saturated carbocycles. The fourth-order valence-electron chi connectivity index (χ4n) is 0.917. The van der Waals surface area contributed by atoms with E-state index >= 15 is 0 Å².